The monoisotopic (exact) mass is 434 g/mol. The summed E-state index contributed by atoms with van der Waals surface area (Å²) in [5.41, 5.74) is 3.92. The number of carbonyl (C=O) groups is 1. The Hall–Kier alpha value is -3.25. The highest BCUT2D eigenvalue weighted by atomic mass is 19.1. The quantitative estimate of drug-likeness (QED) is 0.553. The molecule has 0 radical (unpaired) electrons. The van der Waals surface area contributed by atoms with Crippen LogP contribution in [-0.2, 0) is 13.2 Å². The number of aryl methyl sites for hydroxylation is 1. The van der Waals surface area contributed by atoms with Crippen molar-refractivity contribution in [2.24, 2.45) is 0 Å². The molecule has 0 bridgehead atoms. The van der Waals surface area contributed by atoms with E-state index < -0.39 is 0 Å². The number of carbonyl (C=O) groups excluding carboxylic acids is 1. The lowest BCUT2D eigenvalue weighted by atomic mass is 9.99. The van der Waals surface area contributed by atoms with E-state index >= 15 is 0 Å². The number of pyridine rings is 1. The van der Waals surface area contributed by atoms with Crippen LogP contribution in [0.15, 0.2) is 54.9 Å². The number of ether oxygens (including phenoxy) is 1. The van der Waals surface area contributed by atoms with Gasteiger partial charge in [-0.3, -0.25) is 9.78 Å². The van der Waals surface area contributed by atoms with Crippen LogP contribution in [0, 0.1) is 12.7 Å². The summed E-state index contributed by atoms with van der Waals surface area (Å²) in [6, 6.07) is 12.1. The second-order valence-electron chi connectivity index (χ2n) is 8.19. The van der Waals surface area contributed by atoms with Crippen LogP contribution in [0.25, 0.3) is 11.1 Å². The Balaban J connectivity index is 1.62. The number of hydrogen-bond acceptors (Lipinski definition) is 4. The minimum atomic E-state index is -0.296. The fourth-order valence-electron chi connectivity index (χ4n) is 4.01. The van der Waals surface area contributed by atoms with Crippen LogP contribution in [0.2, 0.25) is 0 Å². The topological polar surface area (TPSA) is 71.5 Å². The van der Waals surface area contributed by atoms with Gasteiger partial charge in [0.2, 0.25) is 0 Å². The summed E-state index contributed by atoms with van der Waals surface area (Å²) in [5.74, 6) is -0.0601. The van der Waals surface area contributed by atoms with E-state index in [9.17, 15) is 14.3 Å². The smallest absolute Gasteiger partial charge is 0.255 e. The summed E-state index contributed by atoms with van der Waals surface area (Å²) in [5, 5.41) is 12.6. The summed E-state index contributed by atoms with van der Waals surface area (Å²) >= 11 is 0. The predicted molar refractivity (Wildman–Crippen MR) is 121 cm³/mol. The first-order valence-electron chi connectivity index (χ1n) is 10.9. The molecule has 32 heavy (non-hydrogen) atoms. The van der Waals surface area contributed by atoms with E-state index in [2.05, 4.69) is 10.3 Å². The zero-order chi connectivity index (χ0) is 22.5. The van der Waals surface area contributed by atoms with Crippen LogP contribution in [0.5, 0.6) is 5.75 Å². The standard InChI is InChI=1S/C26H27FN2O3/c1-17-6-7-18(12-24(17)27)14-29-26(31)22-13-19(23-15-28-11-10-20(23)16-30)8-9-25(22)32-21-4-2-3-5-21/h6-13,15,21,30H,2-5,14,16H2,1H3,(H,29,31). The Labute approximate surface area is 187 Å². The number of aliphatic hydroxyl groups excluding tert-OH is 1. The number of nitrogens with zero attached hydrogens (tertiary/aromatic N) is 1. The summed E-state index contributed by atoms with van der Waals surface area (Å²) in [4.78, 5) is 17.3. The summed E-state index contributed by atoms with van der Waals surface area (Å²) in [6.45, 7) is 1.78. The Bertz CT molecular complexity index is 1110. The maximum atomic E-state index is 13.9. The molecular weight excluding hydrogens is 407 g/mol. The largest absolute Gasteiger partial charge is 0.490 e. The Kier molecular flexibility index (Phi) is 6.81. The number of benzene rings is 2. The van der Waals surface area contributed by atoms with Crippen LogP contribution in [-0.4, -0.2) is 22.1 Å². The van der Waals surface area contributed by atoms with Gasteiger partial charge in [0.15, 0.2) is 0 Å². The molecule has 0 atom stereocenters. The zero-order valence-corrected chi connectivity index (χ0v) is 18.1. The first kappa shape index (κ1) is 22.0. The molecule has 6 heteroatoms. The van der Waals surface area contributed by atoms with E-state index in [1.165, 1.54) is 6.07 Å². The van der Waals surface area contributed by atoms with Crippen molar-refractivity contribution in [3.05, 3.63) is 82.9 Å². The van der Waals surface area contributed by atoms with Gasteiger partial charge in [-0.05, 0) is 79.1 Å². The van der Waals surface area contributed by atoms with Crippen LogP contribution >= 0.6 is 0 Å². The lowest BCUT2D eigenvalue weighted by Crippen LogP contribution is -2.24. The number of aliphatic hydroxyl groups is 1. The van der Waals surface area contributed by atoms with Gasteiger partial charge in [-0.2, -0.15) is 0 Å². The maximum absolute atomic E-state index is 13.9. The third kappa shape index (κ3) is 4.97. The molecule has 1 amide bonds. The first-order valence-corrected chi connectivity index (χ1v) is 10.9. The van der Waals surface area contributed by atoms with E-state index in [1.807, 2.05) is 12.1 Å². The van der Waals surface area contributed by atoms with E-state index in [0.717, 1.165) is 42.4 Å². The molecule has 1 fully saturated rings. The normalized spacial score (nSPS) is 13.8. The lowest BCUT2D eigenvalue weighted by Gasteiger charge is -2.18. The van der Waals surface area contributed by atoms with E-state index in [1.54, 1.807) is 43.6 Å². The van der Waals surface area contributed by atoms with Crippen molar-refractivity contribution < 1.29 is 19.0 Å². The van der Waals surface area contributed by atoms with Crippen LogP contribution in [0.4, 0.5) is 4.39 Å². The van der Waals surface area contributed by atoms with Gasteiger partial charge in [0, 0.05) is 24.5 Å². The van der Waals surface area contributed by atoms with Crippen molar-refractivity contribution in [2.75, 3.05) is 0 Å². The average molecular weight is 435 g/mol. The van der Waals surface area contributed by atoms with Gasteiger partial charge in [-0.15, -0.1) is 0 Å². The van der Waals surface area contributed by atoms with Gasteiger partial charge in [-0.1, -0.05) is 18.2 Å². The average Bonchev–Trinajstić information content (AvgIpc) is 3.33. The highest BCUT2D eigenvalue weighted by molar-refractivity contribution is 5.98. The molecule has 3 aromatic rings. The maximum Gasteiger partial charge on any atom is 0.255 e. The number of rotatable bonds is 7. The molecule has 0 aliphatic heterocycles. The number of aromatic nitrogens is 1. The van der Waals surface area contributed by atoms with Crippen LogP contribution in [0.1, 0.15) is 52.7 Å². The second kappa shape index (κ2) is 9.92. The molecule has 4 rings (SSSR count). The molecule has 2 N–H and O–H groups in total. The Morgan fingerprint density at radius 3 is 2.75 bits per heavy atom. The molecule has 1 aromatic heterocycles. The summed E-state index contributed by atoms with van der Waals surface area (Å²) in [7, 11) is 0. The van der Waals surface area contributed by atoms with Gasteiger partial charge in [0.25, 0.3) is 5.91 Å². The highest BCUT2D eigenvalue weighted by Gasteiger charge is 2.21. The van der Waals surface area contributed by atoms with E-state index in [0.29, 0.717) is 22.4 Å². The van der Waals surface area contributed by atoms with Gasteiger partial charge in [0.05, 0.1) is 18.3 Å². The van der Waals surface area contributed by atoms with Crippen LogP contribution in [0.3, 0.4) is 0 Å². The number of hydrogen-bond donors (Lipinski definition) is 2. The Morgan fingerprint density at radius 1 is 1.19 bits per heavy atom. The van der Waals surface area contributed by atoms with Gasteiger partial charge in [-0.25, -0.2) is 4.39 Å². The zero-order valence-electron chi connectivity index (χ0n) is 18.1. The van der Waals surface area contributed by atoms with Gasteiger partial charge in [0.1, 0.15) is 11.6 Å². The van der Waals surface area contributed by atoms with E-state index in [4.69, 9.17) is 4.74 Å². The van der Waals surface area contributed by atoms with Crippen molar-refractivity contribution in [3.8, 4) is 16.9 Å². The predicted octanol–water partition coefficient (Wildman–Crippen LogP) is 4.94. The lowest BCUT2D eigenvalue weighted by molar-refractivity contribution is 0.0943. The molecule has 1 aliphatic carbocycles. The highest BCUT2D eigenvalue weighted by Crippen LogP contribution is 2.31. The first-order chi connectivity index (χ1) is 15.5. The van der Waals surface area contributed by atoms with Crippen molar-refractivity contribution in [2.45, 2.75) is 51.9 Å². The number of halogens is 1. The molecule has 0 saturated heterocycles. The third-order valence-electron chi connectivity index (χ3n) is 5.90. The Morgan fingerprint density at radius 2 is 2.00 bits per heavy atom. The molecule has 5 nitrogen and oxygen atoms in total. The molecule has 166 valence electrons. The number of amides is 1. The van der Waals surface area contributed by atoms with Gasteiger partial charge >= 0.3 is 0 Å². The molecule has 1 aliphatic rings. The fourth-order valence-corrected chi connectivity index (χ4v) is 4.01. The summed E-state index contributed by atoms with van der Waals surface area (Å²) in [6.07, 6.45) is 7.60. The summed E-state index contributed by atoms with van der Waals surface area (Å²) < 4.78 is 20.0. The van der Waals surface area contributed by atoms with Crippen molar-refractivity contribution in [1.29, 1.82) is 0 Å². The SMILES string of the molecule is Cc1ccc(CNC(=O)c2cc(-c3cnccc3CO)ccc2OC2CCCC2)cc1F. The molecule has 1 heterocycles. The van der Waals surface area contributed by atoms with Crippen LogP contribution < -0.4 is 10.1 Å². The fraction of sp³-hybridized carbons (Fsp3) is 0.308. The van der Waals surface area contributed by atoms with Gasteiger partial charge < -0.3 is 15.2 Å². The second-order valence-corrected chi connectivity index (χ2v) is 8.19. The number of nitrogens with one attached hydrogen (secondary N) is 1. The molecule has 0 spiro atoms. The minimum Gasteiger partial charge on any atom is -0.490 e. The molecule has 0 unspecified atom stereocenters. The van der Waals surface area contributed by atoms with E-state index in [-0.39, 0.29) is 31.0 Å². The molecular formula is C26H27FN2O3. The molecule has 1 saturated carbocycles. The minimum absolute atomic E-state index is 0.102. The van der Waals surface area contributed by atoms with Crippen molar-refractivity contribution in [3.63, 3.8) is 0 Å². The third-order valence-corrected chi connectivity index (χ3v) is 5.90. The van der Waals surface area contributed by atoms with Crippen molar-refractivity contribution in [1.82, 2.24) is 10.3 Å². The van der Waals surface area contributed by atoms with Crippen molar-refractivity contribution >= 4 is 5.91 Å². The molecule has 2 aromatic carbocycles.